The zero-order valence-electron chi connectivity index (χ0n) is 11.3. The smallest absolute Gasteiger partial charge is 0.0688 e. The van der Waals surface area contributed by atoms with Gasteiger partial charge in [-0.1, -0.05) is 39.0 Å². The maximum absolute atomic E-state index is 10.8. The first kappa shape index (κ1) is 14.0. The SMILES string of the molecule is CCCCC[C@@]1(O)CCCC[C@H]1CN(C)C. The number of unbranched alkanes of at least 4 members (excludes halogenated alkanes) is 2. The molecule has 0 aromatic carbocycles. The molecule has 1 rings (SSSR count). The summed E-state index contributed by atoms with van der Waals surface area (Å²) >= 11 is 0. The molecule has 2 heteroatoms. The molecule has 0 unspecified atom stereocenters. The molecule has 0 bridgehead atoms. The van der Waals surface area contributed by atoms with E-state index in [0.29, 0.717) is 5.92 Å². The van der Waals surface area contributed by atoms with Gasteiger partial charge < -0.3 is 10.0 Å². The lowest BCUT2D eigenvalue weighted by molar-refractivity contribution is -0.0635. The molecule has 1 aliphatic rings. The van der Waals surface area contributed by atoms with Crippen molar-refractivity contribution in [2.75, 3.05) is 20.6 Å². The maximum atomic E-state index is 10.8. The summed E-state index contributed by atoms with van der Waals surface area (Å²) in [4.78, 5) is 2.22. The van der Waals surface area contributed by atoms with Gasteiger partial charge in [-0.15, -0.1) is 0 Å². The minimum Gasteiger partial charge on any atom is -0.390 e. The van der Waals surface area contributed by atoms with E-state index in [0.717, 1.165) is 19.4 Å². The average molecular weight is 227 g/mol. The first-order chi connectivity index (χ1) is 7.58. The number of aliphatic hydroxyl groups is 1. The van der Waals surface area contributed by atoms with Crippen LogP contribution in [0.15, 0.2) is 0 Å². The van der Waals surface area contributed by atoms with Crippen LogP contribution < -0.4 is 0 Å². The van der Waals surface area contributed by atoms with Crippen molar-refractivity contribution < 1.29 is 5.11 Å². The summed E-state index contributed by atoms with van der Waals surface area (Å²) in [5.74, 6) is 0.494. The van der Waals surface area contributed by atoms with Gasteiger partial charge in [0.05, 0.1) is 5.60 Å². The molecular weight excluding hydrogens is 198 g/mol. The topological polar surface area (TPSA) is 23.5 Å². The van der Waals surface area contributed by atoms with E-state index in [-0.39, 0.29) is 5.60 Å². The molecular formula is C14H29NO. The van der Waals surface area contributed by atoms with Gasteiger partial charge in [0.15, 0.2) is 0 Å². The van der Waals surface area contributed by atoms with E-state index in [1.165, 1.54) is 38.5 Å². The van der Waals surface area contributed by atoms with E-state index < -0.39 is 0 Å². The van der Waals surface area contributed by atoms with Crippen molar-refractivity contribution in [3.63, 3.8) is 0 Å². The zero-order chi connectivity index (χ0) is 12.0. The molecule has 0 saturated heterocycles. The Hall–Kier alpha value is -0.0800. The molecule has 0 heterocycles. The highest BCUT2D eigenvalue weighted by atomic mass is 16.3. The van der Waals surface area contributed by atoms with Crippen LogP contribution in [0.4, 0.5) is 0 Å². The molecule has 0 spiro atoms. The van der Waals surface area contributed by atoms with Crippen LogP contribution in [0.5, 0.6) is 0 Å². The quantitative estimate of drug-likeness (QED) is 0.705. The Bertz CT molecular complexity index is 193. The van der Waals surface area contributed by atoms with Gasteiger partial charge in [-0.05, 0) is 33.4 Å². The molecule has 1 fully saturated rings. The standard InChI is InChI=1S/C14H29NO/c1-4-5-7-10-14(16)11-8-6-9-13(14)12-15(2)3/h13,16H,4-12H2,1-3H3/t13-,14+/m0/s1. The maximum Gasteiger partial charge on any atom is 0.0688 e. The fraction of sp³-hybridized carbons (Fsp3) is 1.00. The Balaban J connectivity index is 2.49. The number of rotatable bonds is 6. The van der Waals surface area contributed by atoms with Crippen LogP contribution in [0.3, 0.4) is 0 Å². The van der Waals surface area contributed by atoms with E-state index in [9.17, 15) is 5.11 Å². The van der Waals surface area contributed by atoms with Gasteiger partial charge in [0.25, 0.3) is 0 Å². The third-order valence-electron chi connectivity index (χ3n) is 3.97. The Morgan fingerprint density at radius 3 is 2.62 bits per heavy atom. The second-order valence-corrected chi connectivity index (χ2v) is 5.77. The first-order valence-electron chi connectivity index (χ1n) is 6.95. The van der Waals surface area contributed by atoms with E-state index in [2.05, 4.69) is 25.9 Å². The highest BCUT2D eigenvalue weighted by Crippen LogP contribution is 2.37. The van der Waals surface area contributed by atoms with E-state index in [1.54, 1.807) is 0 Å². The van der Waals surface area contributed by atoms with E-state index in [4.69, 9.17) is 0 Å². The van der Waals surface area contributed by atoms with Gasteiger partial charge in [-0.3, -0.25) is 0 Å². The van der Waals surface area contributed by atoms with Crippen LogP contribution in [0, 0.1) is 5.92 Å². The molecule has 0 amide bonds. The molecule has 0 aromatic heterocycles. The van der Waals surface area contributed by atoms with Crippen molar-refractivity contribution in [3.8, 4) is 0 Å². The first-order valence-corrected chi connectivity index (χ1v) is 6.95. The molecule has 2 nitrogen and oxygen atoms in total. The Kier molecular flexibility index (Phi) is 5.77. The van der Waals surface area contributed by atoms with Gasteiger partial charge in [0.2, 0.25) is 0 Å². The lowest BCUT2D eigenvalue weighted by Crippen LogP contribution is -2.45. The molecule has 96 valence electrons. The summed E-state index contributed by atoms with van der Waals surface area (Å²) in [6.07, 6.45) is 9.46. The van der Waals surface area contributed by atoms with Gasteiger partial charge in [-0.2, -0.15) is 0 Å². The van der Waals surface area contributed by atoms with Crippen molar-refractivity contribution in [2.24, 2.45) is 5.92 Å². The van der Waals surface area contributed by atoms with Crippen molar-refractivity contribution in [3.05, 3.63) is 0 Å². The van der Waals surface area contributed by atoms with E-state index >= 15 is 0 Å². The fourth-order valence-electron chi connectivity index (χ4n) is 3.01. The van der Waals surface area contributed by atoms with Crippen molar-refractivity contribution in [2.45, 2.75) is 63.9 Å². The minimum atomic E-state index is -0.363. The van der Waals surface area contributed by atoms with Gasteiger partial charge in [-0.25, -0.2) is 0 Å². The lowest BCUT2D eigenvalue weighted by atomic mass is 9.72. The molecule has 1 aliphatic carbocycles. The second-order valence-electron chi connectivity index (χ2n) is 5.77. The fourth-order valence-corrected chi connectivity index (χ4v) is 3.01. The van der Waals surface area contributed by atoms with Crippen LogP contribution in [0.25, 0.3) is 0 Å². The number of nitrogens with zero attached hydrogens (tertiary/aromatic N) is 1. The van der Waals surface area contributed by atoms with Crippen LogP contribution in [-0.4, -0.2) is 36.2 Å². The summed E-state index contributed by atoms with van der Waals surface area (Å²) in [6, 6.07) is 0. The highest BCUT2D eigenvalue weighted by Gasteiger charge is 2.38. The summed E-state index contributed by atoms with van der Waals surface area (Å²) in [5.41, 5.74) is -0.363. The lowest BCUT2D eigenvalue weighted by Gasteiger charge is -2.41. The van der Waals surface area contributed by atoms with E-state index in [1.807, 2.05) is 0 Å². The number of hydrogen-bond acceptors (Lipinski definition) is 2. The second kappa shape index (κ2) is 6.61. The van der Waals surface area contributed by atoms with Crippen molar-refractivity contribution in [1.82, 2.24) is 4.90 Å². The van der Waals surface area contributed by atoms with Crippen LogP contribution in [-0.2, 0) is 0 Å². The summed E-state index contributed by atoms with van der Waals surface area (Å²) in [7, 11) is 4.22. The van der Waals surface area contributed by atoms with Crippen LogP contribution in [0.2, 0.25) is 0 Å². The molecule has 0 aromatic rings. The van der Waals surface area contributed by atoms with Crippen molar-refractivity contribution >= 4 is 0 Å². The average Bonchev–Trinajstić information content (AvgIpc) is 2.22. The van der Waals surface area contributed by atoms with Gasteiger partial charge >= 0.3 is 0 Å². The predicted octanol–water partition coefficient (Wildman–Crippen LogP) is 3.05. The largest absolute Gasteiger partial charge is 0.390 e. The summed E-state index contributed by atoms with van der Waals surface area (Å²) < 4.78 is 0. The molecule has 1 saturated carbocycles. The number of hydrogen-bond donors (Lipinski definition) is 1. The molecule has 2 atom stereocenters. The van der Waals surface area contributed by atoms with Crippen LogP contribution >= 0.6 is 0 Å². The molecule has 0 aliphatic heterocycles. The Labute approximate surface area is 101 Å². The van der Waals surface area contributed by atoms with Crippen molar-refractivity contribution in [1.29, 1.82) is 0 Å². The third-order valence-corrected chi connectivity index (χ3v) is 3.97. The third kappa shape index (κ3) is 4.06. The highest BCUT2D eigenvalue weighted by molar-refractivity contribution is 4.90. The Morgan fingerprint density at radius 1 is 1.25 bits per heavy atom. The molecule has 16 heavy (non-hydrogen) atoms. The predicted molar refractivity (Wildman–Crippen MR) is 69.6 cm³/mol. The van der Waals surface area contributed by atoms with Gasteiger partial charge in [0, 0.05) is 12.5 Å². The zero-order valence-corrected chi connectivity index (χ0v) is 11.3. The molecule has 0 radical (unpaired) electrons. The van der Waals surface area contributed by atoms with Crippen LogP contribution in [0.1, 0.15) is 58.3 Å². The molecule has 1 N–H and O–H groups in total. The summed E-state index contributed by atoms with van der Waals surface area (Å²) in [5, 5.41) is 10.8. The Morgan fingerprint density at radius 2 is 2.00 bits per heavy atom. The minimum absolute atomic E-state index is 0.363. The van der Waals surface area contributed by atoms with Gasteiger partial charge in [0.1, 0.15) is 0 Å². The monoisotopic (exact) mass is 227 g/mol. The summed E-state index contributed by atoms with van der Waals surface area (Å²) in [6.45, 7) is 3.27. The normalized spacial score (nSPS) is 30.9.